The molecular weight excluding hydrogens is 191 g/mol. The fourth-order valence-corrected chi connectivity index (χ4v) is 1.93. The van der Waals surface area contributed by atoms with E-state index < -0.39 is 0 Å². The summed E-state index contributed by atoms with van der Waals surface area (Å²) < 4.78 is 0. The molecule has 0 N–H and O–H groups in total. The molecule has 68 valence electrons. The van der Waals surface area contributed by atoms with E-state index >= 15 is 0 Å². The Bertz CT molecular complexity index is 200. The van der Waals surface area contributed by atoms with Gasteiger partial charge in [0, 0.05) is 17.2 Å². The lowest BCUT2D eigenvalue weighted by Gasteiger charge is -2.27. The van der Waals surface area contributed by atoms with Crippen molar-refractivity contribution in [3.05, 3.63) is 23.8 Å². The molecular formula is C10H14Cl2. The van der Waals surface area contributed by atoms with E-state index in [-0.39, 0.29) is 5.41 Å². The Kier molecular flexibility index (Phi) is 3.67. The quantitative estimate of drug-likeness (QED) is 0.615. The van der Waals surface area contributed by atoms with Crippen LogP contribution in [0.4, 0.5) is 0 Å². The summed E-state index contributed by atoms with van der Waals surface area (Å²) in [4.78, 5) is 0. The van der Waals surface area contributed by atoms with Gasteiger partial charge in [0.1, 0.15) is 0 Å². The van der Waals surface area contributed by atoms with Gasteiger partial charge in [0.2, 0.25) is 0 Å². The van der Waals surface area contributed by atoms with E-state index in [9.17, 15) is 0 Å². The molecule has 0 nitrogen and oxygen atoms in total. The lowest BCUT2D eigenvalue weighted by Crippen LogP contribution is -2.23. The first kappa shape index (κ1) is 10.1. The summed E-state index contributed by atoms with van der Waals surface area (Å²) in [5.41, 5.74) is 1.41. The van der Waals surface area contributed by atoms with Gasteiger partial charge in [-0.15, -0.1) is 23.2 Å². The maximum Gasteiger partial charge on any atom is 0.0329 e. The molecule has 2 heteroatoms. The van der Waals surface area contributed by atoms with Crippen LogP contribution in [0.3, 0.4) is 0 Å². The van der Waals surface area contributed by atoms with Crippen molar-refractivity contribution >= 4 is 23.2 Å². The number of rotatable bonds is 3. The highest BCUT2D eigenvalue weighted by Gasteiger charge is 2.25. The molecule has 0 fully saturated rings. The van der Waals surface area contributed by atoms with Crippen LogP contribution in [0.25, 0.3) is 0 Å². The minimum absolute atomic E-state index is 0.0157. The molecule has 0 aromatic carbocycles. The SMILES string of the molecule is CCC1=CCC(CCl)(CCl)C=C1. The smallest absolute Gasteiger partial charge is 0.0329 e. The van der Waals surface area contributed by atoms with E-state index in [4.69, 9.17) is 23.2 Å². The molecule has 12 heavy (non-hydrogen) atoms. The highest BCUT2D eigenvalue weighted by atomic mass is 35.5. The first-order chi connectivity index (χ1) is 5.76. The number of allylic oxidation sites excluding steroid dienone is 4. The van der Waals surface area contributed by atoms with Gasteiger partial charge in [0.05, 0.1) is 0 Å². The van der Waals surface area contributed by atoms with E-state index in [1.54, 1.807) is 0 Å². The zero-order valence-electron chi connectivity index (χ0n) is 7.32. The van der Waals surface area contributed by atoms with E-state index in [1.807, 2.05) is 0 Å². The van der Waals surface area contributed by atoms with Crippen molar-refractivity contribution < 1.29 is 0 Å². The minimum atomic E-state index is 0.0157. The summed E-state index contributed by atoms with van der Waals surface area (Å²) >= 11 is 11.7. The highest BCUT2D eigenvalue weighted by Crippen LogP contribution is 2.33. The van der Waals surface area contributed by atoms with Crippen LogP contribution in [0, 0.1) is 5.41 Å². The van der Waals surface area contributed by atoms with Gasteiger partial charge in [-0.25, -0.2) is 0 Å². The molecule has 0 radical (unpaired) electrons. The van der Waals surface area contributed by atoms with Crippen LogP contribution in [-0.4, -0.2) is 11.8 Å². The molecule has 0 aromatic rings. The third-order valence-corrected chi connectivity index (χ3v) is 3.43. The van der Waals surface area contributed by atoms with Crippen LogP contribution < -0.4 is 0 Å². The third kappa shape index (κ3) is 2.05. The van der Waals surface area contributed by atoms with Gasteiger partial charge < -0.3 is 0 Å². The van der Waals surface area contributed by atoms with Gasteiger partial charge in [-0.05, 0) is 12.8 Å². The molecule has 0 bridgehead atoms. The van der Waals surface area contributed by atoms with Crippen molar-refractivity contribution in [3.63, 3.8) is 0 Å². The molecule has 1 rings (SSSR count). The monoisotopic (exact) mass is 204 g/mol. The Morgan fingerprint density at radius 2 is 2.08 bits per heavy atom. The fourth-order valence-electron chi connectivity index (χ4n) is 1.25. The average Bonchev–Trinajstić information content (AvgIpc) is 2.18. The second kappa shape index (κ2) is 4.34. The summed E-state index contributed by atoms with van der Waals surface area (Å²) in [5.74, 6) is 1.22. The van der Waals surface area contributed by atoms with Crippen LogP contribution in [-0.2, 0) is 0 Å². The summed E-state index contributed by atoms with van der Waals surface area (Å²) in [6.07, 6.45) is 8.63. The van der Waals surface area contributed by atoms with Crippen molar-refractivity contribution in [1.82, 2.24) is 0 Å². The predicted octanol–water partition coefficient (Wildman–Crippen LogP) is 3.75. The molecule has 0 unspecified atom stereocenters. The van der Waals surface area contributed by atoms with Gasteiger partial charge in [-0.2, -0.15) is 0 Å². The Labute approximate surface area is 84.2 Å². The topological polar surface area (TPSA) is 0 Å². The number of hydrogen-bond donors (Lipinski definition) is 0. The lowest BCUT2D eigenvalue weighted by molar-refractivity contribution is 0.495. The van der Waals surface area contributed by atoms with E-state index in [0.29, 0.717) is 11.8 Å². The molecule has 1 aliphatic carbocycles. The maximum absolute atomic E-state index is 5.86. The van der Waals surface area contributed by atoms with Gasteiger partial charge in [-0.3, -0.25) is 0 Å². The number of halogens is 2. The zero-order chi connectivity index (χ0) is 9.03. The number of alkyl halides is 2. The summed E-state index contributed by atoms with van der Waals surface area (Å²) in [6.45, 7) is 2.16. The van der Waals surface area contributed by atoms with Crippen molar-refractivity contribution in [2.75, 3.05) is 11.8 Å². The molecule has 0 spiro atoms. The van der Waals surface area contributed by atoms with Gasteiger partial charge in [0.25, 0.3) is 0 Å². The summed E-state index contributed by atoms with van der Waals surface area (Å²) in [7, 11) is 0. The fraction of sp³-hybridized carbons (Fsp3) is 0.600. The second-order valence-electron chi connectivity index (χ2n) is 3.30. The molecule has 0 aliphatic heterocycles. The first-order valence-corrected chi connectivity index (χ1v) is 5.33. The van der Waals surface area contributed by atoms with E-state index in [0.717, 1.165) is 12.8 Å². The molecule has 0 amide bonds. The Hall–Kier alpha value is 0.0600. The standard InChI is InChI=1S/C10H14Cl2/c1-2-9-3-5-10(7-11,8-12)6-4-9/h3-5H,2,6-8H2,1H3. The lowest BCUT2D eigenvalue weighted by atomic mass is 9.83. The van der Waals surface area contributed by atoms with E-state index in [1.165, 1.54) is 5.57 Å². The Morgan fingerprint density at radius 1 is 1.42 bits per heavy atom. The third-order valence-electron chi connectivity index (χ3n) is 2.36. The first-order valence-electron chi connectivity index (χ1n) is 4.26. The summed E-state index contributed by atoms with van der Waals surface area (Å²) in [5, 5.41) is 0. The summed E-state index contributed by atoms with van der Waals surface area (Å²) in [6, 6.07) is 0. The number of hydrogen-bond acceptors (Lipinski definition) is 0. The van der Waals surface area contributed by atoms with Gasteiger partial charge in [-0.1, -0.05) is 30.7 Å². The normalized spacial score (nSPS) is 20.8. The van der Waals surface area contributed by atoms with E-state index in [2.05, 4.69) is 25.2 Å². The molecule has 1 aliphatic rings. The van der Waals surface area contributed by atoms with Gasteiger partial charge in [0.15, 0.2) is 0 Å². The average molecular weight is 205 g/mol. The highest BCUT2D eigenvalue weighted by molar-refractivity contribution is 6.21. The second-order valence-corrected chi connectivity index (χ2v) is 3.83. The largest absolute Gasteiger partial charge is 0.126 e. The van der Waals surface area contributed by atoms with Crippen LogP contribution in [0.2, 0.25) is 0 Å². The van der Waals surface area contributed by atoms with Crippen molar-refractivity contribution in [3.8, 4) is 0 Å². The zero-order valence-corrected chi connectivity index (χ0v) is 8.83. The molecule has 0 aromatic heterocycles. The minimum Gasteiger partial charge on any atom is -0.126 e. The van der Waals surface area contributed by atoms with Crippen molar-refractivity contribution in [2.24, 2.45) is 5.41 Å². The Morgan fingerprint density at radius 3 is 2.42 bits per heavy atom. The van der Waals surface area contributed by atoms with Crippen LogP contribution in [0.1, 0.15) is 19.8 Å². The van der Waals surface area contributed by atoms with Gasteiger partial charge >= 0.3 is 0 Å². The molecule has 0 heterocycles. The molecule has 0 atom stereocenters. The predicted molar refractivity (Wildman–Crippen MR) is 56.0 cm³/mol. The van der Waals surface area contributed by atoms with Crippen LogP contribution in [0.5, 0.6) is 0 Å². The molecule has 0 saturated heterocycles. The molecule has 0 saturated carbocycles. The van der Waals surface area contributed by atoms with Crippen molar-refractivity contribution in [2.45, 2.75) is 19.8 Å². The van der Waals surface area contributed by atoms with Crippen LogP contribution >= 0.6 is 23.2 Å². The Balaban J connectivity index is 2.67. The van der Waals surface area contributed by atoms with Crippen molar-refractivity contribution in [1.29, 1.82) is 0 Å². The van der Waals surface area contributed by atoms with Crippen LogP contribution in [0.15, 0.2) is 23.8 Å². The maximum atomic E-state index is 5.86.